The molecule has 2 aromatic heterocycles. The Bertz CT molecular complexity index is 592. The zero-order valence-corrected chi connectivity index (χ0v) is 13.0. The molecule has 0 radical (unpaired) electrons. The van der Waals surface area contributed by atoms with E-state index in [1.165, 1.54) is 11.3 Å². The molecule has 0 aliphatic rings. The van der Waals surface area contributed by atoms with E-state index in [9.17, 15) is 4.79 Å². The van der Waals surface area contributed by atoms with Crippen LogP contribution in [0.4, 0.5) is 0 Å². The molecular formula is C11H11BrN2O2S2. The second-order valence-electron chi connectivity index (χ2n) is 3.71. The van der Waals surface area contributed by atoms with E-state index in [1.54, 1.807) is 17.8 Å². The van der Waals surface area contributed by atoms with Crippen LogP contribution in [-0.2, 0) is 12.8 Å². The molecule has 18 heavy (non-hydrogen) atoms. The van der Waals surface area contributed by atoms with Crippen LogP contribution in [0.5, 0.6) is 0 Å². The normalized spacial score (nSPS) is 10.8. The van der Waals surface area contributed by atoms with E-state index in [2.05, 4.69) is 21.0 Å². The van der Waals surface area contributed by atoms with Crippen LogP contribution in [0.3, 0.4) is 0 Å². The highest BCUT2D eigenvalue weighted by Crippen LogP contribution is 2.31. The minimum Gasteiger partial charge on any atom is -0.477 e. The van der Waals surface area contributed by atoms with Gasteiger partial charge < -0.3 is 5.11 Å². The van der Waals surface area contributed by atoms with Crippen molar-refractivity contribution in [3.8, 4) is 0 Å². The van der Waals surface area contributed by atoms with Crippen LogP contribution in [0.1, 0.15) is 21.1 Å². The molecule has 0 aliphatic carbocycles. The van der Waals surface area contributed by atoms with Crippen molar-refractivity contribution in [3.63, 3.8) is 0 Å². The van der Waals surface area contributed by atoms with Gasteiger partial charge in [0.15, 0.2) is 0 Å². The average molecular weight is 347 g/mol. The Balaban J connectivity index is 2.09. The first-order valence-electron chi connectivity index (χ1n) is 5.11. The van der Waals surface area contributed by atoms with Crippen molar-refractivity contribution in [1.82, 2.24) is 9.78 Å². The van der Waals surface area contributed by atoms with Gasteiger partial charge in [0.25, 0.3) is 0 Å². The van der Waals surface area contributed by atoms with Gasteiger partial charge in [-0.05, 0) is 28.9 Å². The van der Waals surface area contributed by atoms with Crippen LogP contribution in [0.2, 0.25) is 0 Å². The molecule has 7 heteroatoms. The van der Waals surface area contributed by atoms with E-state index in [4.69, 9.17) is 5.11 Å². The summed E-state index contributed by atoms with van der Waals surface area (Å²) in [5.41, 5.74) is 2.06. The van der Waals surface area contributed by atoms with Crippen LogP contribution < -0.4 is 0 Å². The highest BCUT2D eigenvalue weighted by atomic mass is 79.9. The number of carboxylic acid groups (broad SMARTS) is 1. The Morgan fingerprint density at radius 3 is 2.89 bits per heavy atom. The second kappa shape index (κ2) is 5.46. The van der Waals surface area contributed by atoms with Crippen molar-refractivity contribution >= 4 is 45.0 Å². The van der Waals surface area contributed by atoms with Gasteiger partial charge in [0.1, 0.15) is 4.88 Å². The molecule has 1 N–H and O–H groups in total. The van der Waals surface area contributed by atoms with Gasteiger partial charge in [-0.2, -0.15) is 5.10 Å². The van der Waals surface area contributed by atoms with Crippen LogP contribution in [-0.4, -0.2) is 20.9 Å². The van der Waals surface area contributed by atoms with Gasteiger partial charge in [-0.15, -0.1) is 23.1 Å². The minimum absolute atomic E-state index is 0.373. The van der Waals surface area contributed by atoms with Crippen LogP contribution >= 0.6 is 39.0 Å². The Labute approximate surface area is 121 Å². The van der Waals surface area contributed by atoms with E-state index < -0.39 is 5.97 Å². The molecule has 0 spiro atoms. The fourth-order valence-electron chi connectivity index (χ4n) is 1.50. The Hall–Kier alpha value is -0.790. The number of nitrogens with zero attached hydrogens (tertiary/aromatic N) is 2. The zero-order chi connectivity index (χ0) is 13.3. The molecular weight excluding hydrogens is 336 g/mol. The van der Waals surface area contributed by atoms with Crippen molar-refractivity contribution in [2.24, 2.45) is 7.05 Å². The molecule has 0 fully saturated rings. The summed E-state index contributed by atoms with van der Waals surface area (Å²) >= 11 is 6.38. The third-order valence-corrected chi connectivity index (χ3v) is 5.51. The molecule has 0 bridgehead atoms. The first-order valence-corrected chi connectivity index (χ1v) is 7.77. The molecule has 2 heterocycles. The van der Waals surface area contributed by atoms with Crippen molar-refractivity contribution in [1.29, 1.82) is 0 Å². The molecule has 2 rings (SSSR count). The number of hydrogen-bond acceptors (Lipinski definition) is 4. The number of carbonyl (C=O) groups is 1. The maximum atomic E-state index is 10.8. The molecule has 0 aliphatic heterocycles. The van der Waals surface area contributed by atoms with Crippen LogP contribution in [0.25, 0.3) is 0 Å². The number of aromatic nitrogens is 2. The number of thioether (sulfide) groups is 1. The maximum absolute atomic E-state index is 10.8. The van der Waals surface area contributed by atoms with Crippen molar-refractivity contribution in [2.75, 3.05) is 0 Å². The lowest BCUT2D eigenvalue weighted by Gasteiger charge is -2.01. The van der Waals surface area contributed by atoms with Gasteiger partial charge in [-0.1, -0.05) is 0 Å². The number of rotatable bonds is 4. The lowest BCUT2D eigenvalue weighted by atomic mass is 10.4. The molecule has 96 valence electrons. The standard InChI is InChI=1S/C11H11BrN2O2S2/c1-6-10(12)8(14(2)13-6)5-17-7-3-9(11(15)16)18-4-7/h3-4H,5H2,1-2H3,(H,15,16). The van der Waals surface area contributed by atoms with E-state index in [0.29, 0.717) is 4.88 Å². The van der Waals surface area contributed by atoms with Crippen molar-refractivity contribution in [2.45, 2.75) is 17.6 Å². The fraction of sp³-hybridized carbons (Fsp3) is 0.273. The summed E-state index contributed by atoms with van der Waals surface area (Å²) in [6.07, 6.45) is 0. The fourth-order valence-corrected chi connectivity index (χ4v) is 4.09. The van der Waals surface area contributed by atoms with E-state index >= 15 is 0 Å². The van der Waals surface area contributed by atoms with Crippen LogP contribution in [0, 0.1) is 6.92 Å². The summed E-state index contributed by atoms with van der Waals surface area (Å²) in [6, 6.07) is 1.70. The molecule has 0 amide bonds. The molecule has 0 unspecified atom stereocenters. The summed E-state index contributed by atoms with van der Waals surface area (Å²) in [5, 5.41) is 15.0. The molecule has 4 nitrogen and oxygen atoms in total. The monoisotopic (exact) mass is 346 g/mol. The Morgan fingerprint density at radius 1 is 1.67 bits per heavy atom. The second-order valence-corrected chi connectivity index (χ2v) is 6.46. The highest BCUT2D eigenvalue weighted by Gasteiger charge is 2.12. The molecule has 0 atom stereocenters. The van der Waals surface area contributed by atoms with Gasteiger partial charge in [-0.25, -0.2) is 4.79 Å². The largest absolute Gasteiger partial charge is 0.477 e. The topological polar surface area (TPSA) is 55.1 Å². The average Bonchev–Trinajstić information content (AvgIpc) is 2.85. The van der Waals surface area contributed by atoms with Crippen molar-refractivity contribution < 1.29 is 9.90 Å². The van der Waals surface area contributed by atoms with E-state index in [1.807, 2.05) is 24.0 Å². The van der Waals surface area contributed by atoms with Gasteiger partial charge >= 0.3 is 5.97 Å². The maximum Gasteiger partial charge on any atom is 0.345 e. The number of aromatic carboxylic acids is 1. The first-order chi connectivity index (χ1) is 8.49. The van der Waals surface area contributed by atoms with E-state index in [0.717, 1.165) is 26.5 Å². The third-order valence-electron chi connectivity index (χ3n) is 2.42. The number of thiophene rings is 1. The van der Waals surface area contributed by atoms with Gasteiger partial charge in [0, 0.05) is 23.1 Å². The SMILES string of the molecule is Cc1nn(C)c(CSc2csc(C(=O)O)c2)c1Br. The van der Waals surface area contributed by atoms with E-state index in [-0.39, 0.29) is 0 Å². The summed E-state index contributed by atoms with van der Waals surface area (Å²) in [6.45, 7) is 1.95. The summed E-state index contributed by atoms with van der Waals surface area (Å²) in [5.74, 6) is -0.113. The predicted octanol–water partition coefficient (Wildman–Crippen LogP) is 3.54. The Kier molecular flexibility index (Phi) is 4.14. The van der Waals surface area contributed by atoms with Gasteiger partial charge in [0.2, 0.25) is 0 Å². The lowest BCUT2D eigenvalue weighted by molar-refractivity contribution is 0.0702. The number of hydrogen-bond donors (Lipinski definition) is 1. The minimum atomic E-state index is -0.871. The summed E-state index contributed by atoms with van der Waals surface area (Å²) in [4.78, 5) is 12.1. The number of aryl methyl sites for hydroxylation is 2. The van der Waals surface area contributed by atoms with Gasteiger partial charge in [0.05, 0.1) is 15.9 Å². The molecule has 0 saturated carbocycles. The quantitative estimate of drug-likeness (QED) is 0.860. The van der Waals surface area contributed by atoms with Gasteiger partial charge in [-0.3, -0.25) is 4.68 Å². The van der Waals surface area contributed by atoms with Crippen LogP contribution in [0.15, 0.2) is 20.8 Å². The molecule has 2 aromatic rings. The first kappa shape index (κ1) is 13.6. The Morgan fingerprint density at radius 2 is 2.39 bits per heavy atom. The predicted molar refractivity (Wildman–Crippen MR) is 76.5 cm³/mol. The smallest absolute Gasteiger partial charge is 0.345 e. The number of halogens is 1. The highest BCUT2D eigenvalue weighted by molar-refractivity contribution is 9.10. The molecule has 0 aromatic carbocycles. The lowest BCUT2D eigenvalue weighted by Crippen LogP contribution is -1.96. The zero-order valence-electron chi connectivity index (χ0n) is 9.81. The number of carboxylic acids is 1. The third kappa shape index (κ3) is 2.78. The summed E-state index contributed by atoms with van der Waals surface area (Å²) in [7, 11) is 1.91. The molecule has 0 saturated heterocycles. The summed E-state index contributed by atoms with van der Waals surface area (Å²) < 4.78 is 2.86. The van der Waals surface area contributed by atoms with Crippen molar-refractivity contribution in [3.05, 3.63) is 32.2 Å².